The fraction of sp³-hybridized carbons (Fsp3) is 0.488. The molecule has 278 valence electrons. The van der Waals surface area contributed by atoms with Gasteiger partial charge < -0.3 is 39.0 Å². The minimum Gasteiger partial charge on any atom is -0.507 e. The molecule has 6 rings (SSSR count). The number of aryl methyl sites for hydroxylation is 1. The van der Waals surface area contributed by atoms with Crippen molar-refractivity contribution in [2.75, 3.05) is 28.2 Å². The highest BCUT2D eigenvalue weighted by atomic mass is 16.5. The SMILES string of the molecule is CC=C/C=C(\C)c1cc(=O)c2c(C)cc3c(c2o1)C(=O)c1c(O)c(C2CC(C)(N(C)C)C(O)C(C)O2)cc(C2CC(N(C)C)C(O)C(C)O2)c1C3=O. The van der Waals surface area contributed by atoms with Crippen LogP contribution in [0.2, 0.25) is 0 Å². The number of nitrogens with zero attached hydrogens (tertiary/aromatic N) is 2. The van der Waals surface area contributed by atoms with E-state index in [1.165, 1.54) is 6.07 Å². The van der Waals surface area contributed by atoms with Crippen molar-refractivity contribution in [3.8, 4) is 5.75 Å². The van der Waals surface area contributed by atoms with E-state index >= 15 is 0 Å². The van der Waals surface area contributed by atoms with Crippen LogP contribution in [0.3, 0.4) is 0 Å². The maximum absolute atomic E-state index is 15.0. The second kappa shape index (κ2) is 13.8. The normalized spacial score (nSPS) is 29.7. The van der Waals surface area contributed by atoms with Gasteiger partial charge in [0.05, 0.1) is 53.1 Å². The Bertz CT molecular complexity index is 2080. The van der Waals surface area contributed by atoms with Gasteiger partial charge in [-0.1, -0.05) is 18.2 Å². The van der Waals surface area contributed by atoms with Crippen molar-refractivity contribution in [1.29, 1.82) is 0 Å². The third kappa shape index (κ3) is 5.97. The van der Waals surface area contributed by atoms with Gasteiger partial charge in [0.15, 0.2) is 16.8 Å². The standard InChI is InChI=1S/C41H50N2O9/c1-11-12-13-19(2)28-17-27(44)31-20(3)14-25-33(39(31)52-28)38(48)34-32(37(25)47)23(29-16-26(42(7)8)35(45)21(4)50-29)15-24(36(34)46)30-18-41(6,43(9)10)40(49)22(5)51-30/h11-15,17,21-22,26,29-30,35,40,45-46,49H,16,18H2,1-10H3/b12-11?,19-13+. The summed E-state index contributed by atoms with van der Waals surface area (Å²) in [6.07, 6.45) is 1.55. The first-order chi connectivity index (χ1) is 24.4. The molecule has 0 amide bonds. The lowest BCUT2D eigenvalue weighted by Gasteiger charge is -2.49. The molecule has 3 heterocycles. The maximum atomic E-state index is 15.0. The summed E-state index contributed by atoms with van der Waals surface area (Å²) >= 11 is 0. The van der Waals surface area contributed by atoms with Crippen molar-refractivity contribution in [3.05, 3.63) is 91.4 Å². The van der Waals surface area contributed by atoms with Crippen LogP contribution in [0, 0.1) is 6.92 Å². The maximum Gasteiger partial charge on any atom is 0.202 e. The third-order valence-corrected chi connectivity index (χ3v) is 11.6. The zero-order chi connectivity index (χ0) is 38.1. The first-order valence-corrected chi connectivity index (χ1v) is 17.8. The van der Waals surface area contributed by atoms with E-state index in [1.807, 2.05) is 57.9 Å². The highest BCUT2D eigenvalue weighted by molar-refractivity contribution is 6.33. The van der Waals surface area contributed by atoms with Crippen LogP contribution in [-0.4, -0.2) is 101 Å². The van der Waals surface area contributed by atoms with Gasteiger partial charge in [-0.05, 0) is 111 Å². The predicted molar refractivity (Wildman–Crippen MR) is 198 cm³/mol. The van der Waals surface area contributed by atoms with Crippen LogP contribution in [0.5, 0.6) is 5.75 Å². The van der Waals surface area contributed by atoms with Gasteiger partial charge >= 0.3 is 0 Å². The van der Waals surface area contributed by atoms with Crippen LogP contribution in [0.1, 0.15) is 114 Å². The summed E-state index contributed by atoms with van der Waals surface area (Å²) in [6.45, 7) is 10.8. The highest BCUT2D eigenvalue weighted by Crippen LogP contribution is 2.49. The van der Waals surface area contributed by atoms with Gasteiger partial charge in [-0.15, -0.1) is 0 Å². The number of aliphatic hydroxyl groups excluding tert-OH is 2. The smallest absolute Gasteiger partial charge is 0.202 e. The molecule has 11 nitrogen and oxygen atoms in total. The number of allylic oxidation sites excluding steroid dienone is 4. The van der Waals surface area contributed by atoms with Gasteiger partial charge in [-0.25, -0.2) is 0 Å². The first kappa shape index (κ1) is 37.8. The Hall–Kier alpha value is -3.97. The summed E-state index contributed by atoms with van der Waals surface area (Å²) in [4.78, 5) is 47.3. The fourth-order valence-electron chi connectivity index (χ4n) is 8.18. The van der Waals surface area contributed by atoms with Gasteiger partial charge in [0.2, 0.25) is 5.78 Å². The van der Waals surface area contributed by atoms with Crippen molar-refractivity contribution in [3.63, 3.8) is 0 Å². The summed E-state index contributed by atoms with van der Waals surface area (Å²) in [5.41, 5.74) is 0.384. The number of fused-ring (bicyclic) bond motifs is 4. The molecule has 0 saturated carbocycles. The lowest BCUT2D eigenvalue weighted by Crippen LogP contribution is -2.59. The largest absolute Gasteiger partial charge is 0.507 e. The van der Waals surface area contributed by atoms with Gasteiger partial charge in [0.25, 0.3) is 0 Å². The molecule has 3 aromatic rings. The molecule has 11 heteroatoms. The van der Waals surface area contributed by atoms with Crippen molar-refractivity contribution >= 4 is 28.1 Å². The van der Waals surface area contributed by atoms with Crippen molar-refractivity contribution in [1.82, 2.24) is 9.80 Å². The fourth-order valence-corrected chi connectivity index (χ4v) is 8.18. The van der Waals surface area contributed by atoms with Crippen LogP contribution >= 0.6 is 0 Å². The minimum absolute atomic E-state index is 0.00511. The molecule has 2 aromatic carbocycles. The number of ether oxygens (including phenoxy) is 2. The van der Waals surface area contributed by atoms with Crippen molar-refractivity contribution in [2.45, 2.75) is 103 Å². The molecule has 8 unspecified atom stereocenters. The molecule has 0 spiro atoms. The van der Waals surface area contributed by atoms with Crippen LogP contribution < -0.4 is 5.43 Å². The molecule has 8 atom stereocenters. The number of phenols is 1. The Kier molecular flexibility index (Phi) is 10.0. The van der Waals surface area contributed by atoms with Crippen LogP contribution in [-0.2, 0) is 9.47 Å². The van der Waals surface area contributed by atoms with E-state index in [4.69, 9.17) is 13.9 Å². The zero-order valence-electron chi connectivity index (χ0n) is 31.6. The van der Waals surface area contributed by atoms with Gasteiger partial charge in [0, 0.05) is 34.3 Å². The molecule has 52 heavy (non-hydrogen) atoms. The summed E-state index contributed by atoms with van der Waals surface area (Å²) in [7, 11) is 7.46. The van der Waals surface area contributed by atoms with Crippen LogP contribution in [0.25, 0.3) is 16.5 Å². The number of ketones is 2. The number of hydrogen-bond donors (Lipinski definition) is 3. The number of aliphatic hydroxyl groups is 2. The quantitative estimate of drug-likeness (QED) is 0.225. The van der Waals surface area contributed by atoms with E-state index in [0.717, 1.165) is 0 Å². The zero-order valence-corrected chi connectivity index (χ0v) is 31.6. The molecular weight excluding hydrogens is 664 g/mol. The molecule has 2 aliphatic heterocycles. The minimum atomic E-state index is -0.852. The Labute approximate surface area is 304 Å². The summed E-state index contributed by atoms with van der Waals surface area (Å²) in [5.74, 6) is -1.35. The summed E-state index contributed by atoms with van der Waals surface area (Å²) in [6, 6.07) is 4.28. The van der Waals surface area contributed by atoms with Crippen LogP contribution in [0.4, 0.5) is 0 Å². The second-order valence-corrected chi connectivity index (χ2v) is 15.3. The Morgan fingerprint density at radius 1 is 0.923 bits per heavy atom. The summed E-state index contributed by atoms with van der Waals surface area (Å²) in [5, 5.41) is 34.6. The lowest BCUT2D eigenvalue weighted by atomic mass is 9.74. The number of likely N-dealkylation sites (N-methyl/N-ethyl adjacent to an activating group) is 2. The molecular formula is C41H50N2O9. The molecule has 0 radical (unpaired) electrons. The average molecular weight is 715 g/mol. The van der Waals surface area contributed by atoms with E-state index in [1.54, 1.807) is 52.0 Å². The second-order valence-electron chi connectivity index (χ2n) is 15.3. The molecule has 0 bridgehead atoms. The Balaban J connectivity index is 1.64. The van der Waals surface area contributed by atoms with E-state index in [-0.39, 0.29) is 62.4 Å². The number of hydrogen-bond acceptors (Lipinski definition) is 11. The number of aromatic hydroxyl groups is 1. The molecule has 3 N–H and O–H groups in total. The molecule has 1 aromatic heterocycles. The predicted octanol–water partition coefficient (Wildman–Crippen LogP) is 5.23. The number of benzene rings is 2. The number of phenolic OH excluding ortho intramolecular Hbond substituents is 1. The van der Waals surface area contributed by atoms with E-state index in [2.05, 4.69) is 0 Å². The van der Waals surface area contributed by atoms with Crippen molar-refractivity contribution in [2.24, 2.45) is 0 Å². The Morgan fingerprint density at radius 2 is 1.60 bits per heavy atom. The monoisotopic (exact) mass is 714 g/mol. The molecule has 2 fully saturated rings. The number of carbonyl (C=O) groups excluding carboxylic acids is 2. The van der Waals surface area contributed by atoms with Gasteiger partial charge in [-0.2, -0.15) is 0 Å². The lowest BCUT2D eigenvalue weighted by molar-refractivity contribution is -0.176. The molecule has 1 aliphatic carbocycles. The first-order valence-electron chi connectivity index (χ1n) is 17.8. The van der Waals surface area contributed by atoms with Gasteiger partial charge in [0.1, 0.15) is 11.5 Å². The number of rotatable bonds is 6. The van der Waals surface area contributed by atoms with Crippen molar-refractivity contribution < 1.29 is 38.8 Å². The third-order valence-electron chi connectivity index (χ3n) is 11.6. The van der Waals surface area contributed by atoms with E-state index in [0.29, 0.717) is 23.1 Å². The van der Waals surface area contributed by atoms with Crippen LogP contribution in [0.15, 0.2) is 45.6 Å². The van der Waals surface area contributed by atoms with Gasteiger partial charge in [-0.3, -0.25) is 14.4 Å². The van der Waals surface area contributed by atoms with E-state index in [9.17, 15) is 29.7 Å². The number of carbonyl (C=O) groups is 2. The topological polar surface area (TPSA) is 150 Å². The summed E-state index contributed by atoms with van der Waals surface area (Å²) < 4.78 is 19.1. The molecule has 2 saturated heterocycles. The average Bonchev–Trinajstić information content (AvgIpc) is 3.08. The molecule has 3 aliphatic rings. The highest BCUT2D eigenvalue weighted by Gasteiger charge is 2.49. The Morgan fingerprint density at radius 3 is 2.23 bits per heavy atom. The van der Waals surface area contributed by atoms with E-state index < -0.39 is 59.5 Å².